The molecular weight excluding hydrogens is 285 g/mol. The van der Waals surface area contributed by atoms with E-state index in [1.54, 1.807) is 0 Å². The first-order valence-electron chi connectivity index (χ1n) is 5.06. The molecule has 2 rings (SSSR count). The van der Waals surface area contributed by atoms with Gasteiger partial charge in [0.25, 0.3) is 0 Å². The van der Waals surface area contributed by atoms with Crippen molar-refractivity contribution in [3.63, 3.8) is 0 Å². The van der Waals surface area contributed by atoms with E-state index in [4.69, 9.17) is 11.6 Å². The molecule has 18 heavy (non-hydrogen) atoms. The Morgan fingerprint density at radius 3 is 2.89 bits per heavy atom. The predicted molar refractivity (Wildman–Crippen MR) is 62.4 cm³/mol. The van der Waals surface area contributed by atoms with Gasteiger partial charge in [0, 0.05) is 25.1 Å². The molecule has 1 aromatic rings. The highest BCUT2D eigenvalue weighted by atomic mass is 35.5. The largest absolute Gasteiger partial charge is 0.302 e. The molecule has 1 amide bonds. The van der Waals surface area contributed by atoms with Gasteiger partial charge in [0.2, 0.25) is 11.2 Å². The van der Waals surface area contributed by atoms with Crippen molar-refractivity contribution in [3.8, 4) is 0 Å². The summed E-state index contributed by atoms with van der Waals surface area (Å²) in [5.41, 5.74) is 0. The van der Waals surface area contributed by atoms with Crippen molar-refractivity contribution in [3.05, 3.63) is 17.5 Å². The minimum absolute atomic E-state index is 0.0122. The van der Waals surface area contributed by atoms with Gasteiger partial charge in [-0.15, -0.1) is 3.89 Å². The molecule has 0 spiro atoms. The molecule has 2 heterocycles. The van der Waals surface area contributed by atoms with Crippen LogP contribution in [0.2, 0.25) is 5.28 Å². The standard InChI is InChI=1S/C9H9ClFN3O3S/c10-9-12-2-1-7(13-9)14-4-6(3-8(14)15)5-18(11,16)17/h1-2,6H,3-5H2. The Kier molecular flexibility index (Phi) is 3.49. The third-order valence-corrected chi connectivity index (χ3v) is 3.58. The molecule has 1 atom stereocenters. The number of aromatic nitrogens is 2. The Labute approximate surface area is 108 Å². The van der Waals surface area contributed by atoms with Gasteiger partial charge in [0.1, 0.15) is 5.82 Å². The first-order valence-corrected chi connectivity index (χ1v) is 6.99. The lowest BCUT2D eigenvalue weighted by atomic mass is 10.1. The van der Waals surface area contributed by atoms with E-state index in [0.29, 0.717) is 5.82 Å². The van der Waals surface area contributed by atoms with Crippen LogP contribution in [0.5, 0.6) is 0 Å². The van der Waals surface area contributed by atoms with E-state index < -0.39 is 21.9 Å². The highest BCUT2D eigenvalue weighted by Gasteiger charge is 2.34. The number of carbonyl (C=O) groups excluding carboxylic acids is 1. The maximum atomic E-state index is 12.6. The molecule has 1 saturated heterocycles. The second kappa shape index (κ2) is 4.77. The van der Waals surface area contributed by atoms with Crippen molar-refractivity contribution in [2.24, 2.45) is 5.92 Å². The predicted octanol–water partition coefficient (Wildman–Crippen LogP) is 0.782. The molecule has 1 fully saturated rings. The average molecular weight is 294 g/mol. The van der Waals surface area contributed by atoms with E-state index >= 15 is 0 Å². The minimum Gasteiger partial charge on any atom is -0.296 e. The quantitative estimate of drug-likeness (QED) is 0.608. The fourth-order valence-corrected chi connectivity index (χ4v) is 2.80. The summed E-state index contributed by atoms with van der Waals surface area (Å²) in [6.45, 7) is 0.106. The summed E-state index contributed by atoms with van der Waals surface area (Å²) >= 11 is 5.60. The zero-order valence-corrected chi connectivity index (χ0v) is 10.7. The Hall–Kier alpha value is -1.28. The summed E-state index contributed by atoms with van der Waals surface area (Å²) in [7, 11) is -4.58. The zero-order chi connectivity index (χ0) is 13.3. The van der Waals surface area contributed by atoms with Gasteiger partial charge in [-0.3, -0.25) is 9.69 Å². The van der Waals surface area contributed by atoms with Crippen LogP contribution in [-0.2, 0) is 15.0 Å². The first kappa shape index (κ1) is 13.2. The smallest absolute Gasteiger partial charge is 0.296 e. The molecule has 98 valence electrons. The van der Waals surface area contributed by atoms with Crippen LogP contribution in [0.25, 0.3) is 0 Å². The monoisotopic (exact) mass is 293 g/mol. The third kappa shape index (κ3) is 3.14. The van der Waals surface area contributed by atoms with Crippen LogP contribution in [0.3, 0.4) is 0 Å². The van der Waals surface area contributed by atoms with E-state index in [1.165, 1.54) is 17.2 Å². The molecule has 1 aliphatic rings. The third-order valence-electron chi connectivity index (χ3n) is 2.53. The molecule has 0 N–H and O–H groups in total. The summed E-state index contributed by atoms with van der Waals surface area (Å²) in [6, 6.07) is 1.48. The number of amides is 1. The maximum absolute atomic E-state index is 12.6. The van der Waals surface area contributed by atoms with Crippen LogP contribution in [0.15, 0.2) is 12.3 Å². The second-order valence-electron chi connectivity index (χ2n) is 3.96. The lowest BCUT2D eigenvalue weighted by Crippen LogP contribution is -2.26. The lowest BCUT2D eigenvalue weighted by Gasteiger charge is -2.14. The SMILES string of the molecule is O=C1CC(CS(=O)(=O)F)CN1c1ccnc(Cl)n1. The molecule has 0 saturated carbocycles. The van der Waals surface area contributed by atoms with Crippen molar-refractivity contribution in [2.45, 2.75) is 6.42 Å². The molecule has 1 aliphatic heterocycles. The minimum atomic E-state index is -4.58. The van der Waals surface area contributed by atoms with Gasteiger partial charge >= 0.3 is 10.2 Å². The van der Waals surface area contributed by atoms with Crippen molar-refractivity contribution >= 4 is 33.5 Å². The molecule has 0 aromatic carbocycles. The van der Waals surface area contributed by atoms with Crippen molar-refractivity contribution in [1.29, 1.82) is 0 Å². The van der Waals surface area contributed by atoms with Crippen LogP contribution >= 0.6 is 11.6 Å². The second-order valence-corrected chi connectivity index (χ2v) is 5.71. The van der Waals surface area contributed by atoms with Crippen LogP contribution in [-0.4, -0.2) is 36.6 Å². The summed E-state index contributed by atoms with van der Waals surface area (Å²) in [4.78, 5) is 20.5. The van der Waals surface area contributed by atoms with E-state index in [0.717, 1.165) is 0 Å². The number of nitrogens with zero attached hydrogens (tertiary/aromatic N) is 3. The Bertz CT molecular complexity index is 580. The van der Waals surface area contributed by atoms with Gasteiger partial charge in [-0.05, 0) is 17.7 Å². The van der Waals surface area contributed by atoms with Gasteiger partial charge in [-0.25, -0.2) is 9.97 Å². The lowest BCUT2D eigenvalue weighted by molar-refractivity contribution is -0.117. The topological polar surface area (TPSA) is 80.2 Å². The number of rotatable bonds is 3. The van der Waals surface area contributed by atoms with E-state index in [9.17, 15) is 17.1 Å². The highest BCUT2D eigenvalue weighted by molar-refractivity contribution is 7.86. The van der Waals surface area contributed by atoms with Crippen molar-refractivity contribution in [1.82, 2.24) is 9.97 Å². The van der Waals surface area contributed by atoms with Crippen LogP contribution in [0.1, 0.15) is 6.42 Å². The molecular formula is C9H9ClFN3O3S. The molecule has 1 aromatic heterocycles. The van der Waals surface area contributed by atoms with E-state index in [1.807, 2.05) is 0 Å². The average Bonchev–Trinajstić information content (AvgIpc) is 2.56. The van der Waals surface area contributed by atoms with Gasteiger partial charge < -0.3 is 0 Å². The van der Waals surface area contributed by atoms with Gasteiger partial charge in [0.05, 0.1) is 5.75 Å². The number of halogens is 2. The zero-order valence-electron chi connectivity index (χ0n) is 9.08. The molecule has 9 heteroatoms. The summed E-state index contributed by atoms with van der Waals surface area (Å²) in [5.74, 6) is -1.24. The Balaban J connectivity index is 2.15. The Morgan fingerprint density at radius 2 is 2.28 bits per heavy atom. The molecule has 6 nitrogen and oxygen atoms in total. The van der Waals surface area contributed by atoms with E-state index in [-0.39, 0.29) is 24.2 Å². The van der Waals surface area contributed by atoms with E-state index in [2.05, 4.69) is 9.97 Å². The summed E-state index contributed by atoms with van der Waals surface area (Å²) in [6.07, 6.45) is 1.36. The normalized spacial score (nSPS) is 20.4. The molecule has 1 unspecified atom stereocenters. The van der Waals surface area contributed by atoms with Gasteiger partial charge in [-0.2, -0.15) is 8.42 Å². The van der Waals surface area contributed by atoms with Crippen molar-refractivity contribution < 1.29 is 17.1 Å². The molecule has 0 radical (unpaired) electrons. The van der Waals surface area contributed by atoms with Crippen LogP contribution < -0.4 is 4.90 Å². The number of carbonyl (C=O) groups is 1. The summed E-state index contributed by atoms with van der Waals surface area (Å²) in [5, 5.41) is -0.0122. The Morgan fingerprint density at radius 1 is 1.56 bits per heavy atom. The van der Waals surface area contributed by atoms with Crippen LogP contribution in [0.4, 0.5) is 9.70 Å². The van der Waals surface area contributed by atoms with Gasteiger partial charge in [0.15, 0.2) is 0 Å². The highest BCUT2D eigenvalue weighted by Crippen LogP contribution is 2.25. The number of hydrogen-bond acceptors (Lipinski definition) is 5. The molecule has 0 aliphatic carbocycles. The van der Waals surface area contributed by atoms with Crippen LogP contribution in [0, 0.1) is 5.92 Å². The maximum Gasteiger partial charge on any atom is 0.302 e. The first-order chi connectivity index (χ1) is 8.35. The number of hydrogen-bond donors (Lipinski definition) is 0. The fourth-order valence-electron chi connectivity index (χ4n) is 1.87. The van der Waals surface area contributed by atoms with Crippen molar-refractivity contribution in [2.75, 3.05) is 17.2 Å². The summed E-state index contributed by atoms with van der Waals surface area (Å²) < 4.78 is 33.7. The van der Waals surface area contributed by atoms with Gasteiger partial charge in [-0.1, -0.05) is 0 Å². The fraction of sp³-hybridized carbons (Fsp3) is 0.444. The molecule has 0 bridgehead atoms. The number of anilines is 1.